The number of benzene rings is 7. The number of hydrogen-bond acceptors (Lipinski definition) is 6. The number of rotatable bonds is 5. The van der Waals surface area contributed by atoms with E-state index in [4.69, 9.17) is 23.8 Å². The Kier molecular flexibility index (Phi) is 6.95. The molecule has 0 saturated heterocycles. The minimum atomic E-state index is 0.120. The van der Waals surface area contributed by atoms with Gasteiger partial charge in [-0.2, -0.15) is 0 Å². The molecule has 0 bridgehead atoms. The van der Waals surface area contributed by atoms with Gasteiger partial charge in [-0.05, 0) is 77.4 Å². The quantitative estimate of drug-likeness (QED) is 0.175. The Hall–Kier alpha value is -7.57. The van der Waals surface area contributed by atoms with Crippen molar-refractivity contribution in [2.75, 3.05) is 4.90 Å². The monoisotopic (exact) mass is 732 g/mol. The molecule has 0 N–H and O–H groups in total. The van der Waals surface area contributed by atoms with Gasteiger partial charge in [-0.3, -0.25) is 0 Å². The van der Waals surface area contributed by atoms with Gasteiger partial charge < -0.3 is 13.7 Å². The summed E-state index contributed by atoms with van der Waals surface area (Å²) in [5.74, 6) is 2.76. The first-order valence-corrected chi connectivity index (χ1v) is 19.3. The zero-order valence-corrected chi connectivity index (χ0v) is 30.6. The molecule has 12 rings (SSSR count). The van der Waals surface area contributed by atoms with Crippen molar-refractivity contribution in [3.8, 4) is 45.3 Å². The molecule has 2 atom stereocenters. The van der Waals surface area contributed by atoms with E-state index in [0.29, 0.717) is 17.5 Å². The number of fused-ring (bicyclic) bond motifs is 10. The fraction of sp³-hybridized carbons (Fsp3) is 0.0392. The van der Waals surface area contributed by atoms with E-state index in [1.54, 1.807) is 0 Å². The summed E-state index contributed by atoms with van der Waals surface area (Å²) in [5.41, 5.74) is 12.3. The van der Waals surface area contributed by atoms with Gasteiger partial charge in [-0.1, -0.05) is 121 Å². The van der Waals surface area contributed by atoms with Crippen LogP contribution >= 0.6 is 0 Å². The molecule has 268 valence electrons. The van der Waals surface area contributed by atoms with E-state index < -0.39 is 0 Å². The first kappa shape index (κ1) is 31.7. The third-order valence-corrected chi connectivity index (χ3v) is 11.5. The molecule has 0 radical (unpaired) electrons. The second kappa shape index (κ2) is 12.5. The molecule has 2 aliphatic rings. The predicted molar refractivity (Wildman–Crippen MR) is 228 cm³/mol. The van der Waals surface area contributed by atoms with Gasteiger partial charge in [0, 0.05) is 55.7 Å². The summed E-state index contributed by atoms with van der Waals surface area (Å²) in [6, 6.07) is 59.0. The van der Waals surface area contributed by atoms with E-state index in [1.165, 1.54) is 22.5 Å². The van der Waals surface area contributed by atoms with E-state index in [2.05, 4.69) is 151 Å². The van der Waals surface area contributed by atoms with Crippen LogP contribution in [0.5, 0.6) is 0 Å². The fourth-order valence-corrected chi connectivity index (χ4v) is 8.89. The second-order valence-electron chi connectivity index (χ2n) is 14.7. The maximum atomic E-state index is 6.70. The van der Waals surface area contributed by atoms with Gasteiger partial charge in [-0.25, -0.2) is 15.0 Å². The molecule has 57 heavy (non-hydrogen) atoms. The SMILES string of the molecule is C1=CC2C(c3ccccc3N2c2ccccc2)c2c1oc1cc(-c3nc(-c4cccc(-c5ccccc5)c4)nc(-c4ccc5oc6ccccc6c5c4)n3)ccc21. The Morgan fingerprint density at radius 3 is 1.93 bits per heavy atom. The minimum absolute atomic E-state index is 0.120. The van der Waals surface area contributed by atoms with Gasteiger partial charge in [0.2, 0.25) is 0 Å². The Labute approximate surface area is 328 Å². The number of aromatic nitrogens is 3. The molecule has 0 amide bonds. The molecule has 4 heterocycles. The van der Waals surface area contributed by atoms with Gasteiger partial charge in [0.25, 0.3) is 0 Å². The summed E-state index contributed by atoms with van der Waals surface area (Å²) in [7, 11) is 0. The summed E-state index contributed by atoms with van der Waals surface area (Å²) in [5, 5.41) is 3.17. The van der Waals surface area contributed by atoms with Crippen LogP contribution in [-0.2, 0) is 0 Å². The van der Waals surface area contributed by atoms with Crippen molar-refractivity contribution in [1.82, 2.24) is 15.0 Å². The number of nitrogens with zero attached hydrogens (tertiary/aromatic N) is 4. The molecule has 6 nitrogen and oxygen atoms in total. The number of para-hydroxylation sites is 3. The van der Waals surface area contributed by atoms with Crippen molar-refractivity contribution in [2.24, 2.45) is 0 Å². The van der Waals surface area contributed by atoms with E-state index in [1.807, 2.05) is 36.4 Å². The topological polar surface area (TPSA) is 68.2 Å². The maximum absolute atomic E-state index is 6.70. The summed E-state index contributed by atoms with van der Waals surface area (Å²) < 4.78 is 12.9. The van der Waals surface area contributed by atoms with Crippen LogP contribution in [0.25, 0.3) is 84.3 Å². The number of anilines is 2. The zero-order chi connectivity index (χ0) is 37.5. The molecule has 1 aliphatic carbocycles. The summed E-state index contributed by atoms with van der Waals surface area (Å²) in [4.78, 5) is 17.9. The third kappa shape index (κ3) is 5.07. The highest BCUT2D eigenvalue weighted by molar-refractivity contribution is 6.06. The molecule has 0 spiro atoms. The van der Waals surface area contributed by atoms with Crippen molar-refractivity contribution < 1.29 is 8.83 Å². The molecule has 2 unspecified atom stereocenters. The lowest BCUT2D eigenvalue weighted by Crippen LogP contribution is -2.30. The largest absolute Gasteiger partial charge is 0.456 e. The van der Waals surface area contributed by atoms with Crippen LogP contribution in [0.3, 0.4) is 0 Å². The van der Waals surface area contributed by atoms with Crippen LogP contribution in [-0.4, -0.2) is 21.0 Å². The highest BCUT2D eigenvalue weighted by Crippen LogP contribution is 2.53. The van der Waals surface area contributed by atoms with Gasteiger partial charge in [0.1, 0.15) is 22.5 Å². The summed E-state index contributed by atoms with van der Waals surface area (Å²) in [6.07, 6.45) is 4.43. The van der Waals surface area contributed by atoms with Crippen LogP contribution in [0, 0.1) is 0 Å². The van der Waals surface area contributed by atoms with Crippen LogP contribution < -0.4 is 4.90 Å². The van der Waals surface area contributed by atoms with E-state index >= 15 is 0 Å². The van der Waals surface area contributed by atoms with Gasteiger partial charge >= 0.3 is 0 Å². The molecular formula is C51H32N4O2. The average Bonchev–Trinajstić information content (AvgIpc) is 3.95. The van der Waals surface area contributed by atoms with Crippen molar-refractivity contribution in [2.45, 2.75) is 12.0 Å². The van der Waals surface area contributed by atoms with Crippen LogP contribution in [0.4, 0.5) is 11.4 Å². The molecule has 7 aromatic carbocycles. The smallest absolute Gasteiger partial charge is 0.164 e. The molecule has 0 fully saturated rings. The van der Waals surface area contributed by atoms with Crippen molar-refractivity contribution in [3.63, 3.8) is 0 Å². The first-order valence-electron chi connectivity index (χ1n) is 19.3. The molecule has 3 aromatic heterocycles. The van der Waals surface area contributed by atoms with E-state index in [9.17, 15) is 0 Å². The molecule has 1 aliphatic heterocycles. The van der Waals surface area contributed by atoms with Crippen molar-refractivity contribution in [1.29, 1.82) is 0 Å². The number of hydrogen-bond donors (Lipinski definition) is 0. The normalized spacial score (nSPS) is 15.6. The van der Waals surface area contributed by atoms with Gasteiger partial charge in [0.05, 0.1) is 6.04 Å². The molecular weight excluding hydrogens is 701 g/mol. The Morgan fingerprint density at radius 2 is 1.09 bits per heavy atom. The lowest BCUT2D eigenvalue weighted by molar-refractivity contribution is 0.584. The zero-order valence-electron chi connectivity index (χ0n) is 30.6. The first-order chi connectivity index (χ1) is 28.2. The Bertz CT molecular complexity index is 3220. The molecule has 10 aromatic rings. The maximum Gasteiger partial charge on any atom is 0.164 e. The highest BCUT2D eigenvalue weighted by Gasteiger charge is 2.43. The van der Waals surface area contributed by atoms with Crippen LogP contribution in [0.15, 0.2) is 185 Å². The standard InChI is InChI=1S/C51H32N4O2/c1-3-12-31(13-4-1)32-14-11-15-33(28-32)49-52-50(34-23-26-44-40(29-34)37-18-8-10-21-43(37)56-44)54-51(53-49)35-22-24-39-46(30-35)57-45-27-25-42-47(48(39)45)38-19-7-9-20-41(38)55(42)36-16-5-2-6-17-36/h1-30,42,47H. The Morgan fingerprint density at radius 1 is 0.439 bits per heavy atom. The van der Waals surface area contributed by atoms with E-state index in [-0.39, 0.29) is 12.0 Å². The lowest BCUT2D eigenvalue weighted by atomic mass is 9.82. The summed E-state index contributed by atoms with van der Waals surface area (Å²) >= 11 is 0. The van der Waals surface area contributed by atoms with Crippen molar-refractivity contribution >= 4 is 50.4 Å². The van der Waals surface area contributed by atoms with E-state index in [0.717, 1.165) is 66.5 Å². The number of furan rings is 2. The van der Waals surface area contributed by atoms with Crippen LogP contribution in [0.2, 0.25) is 0 Å². The highest BCUT2D eigenvalue weighted by atomic mass is 16.3. The molecule has 6 heteroatoms. The fourth-order valence-electron chi connectivity index (χ4n) is 8.89. The molecule has 0 saturated carbocycles. The minimum Gasteiger partial charge on any atom is -0.456 e. The third-order valence-electron chi connectivity index (χ3n) is 11.5. The predicted octanol–water partition coefficient (Wildman–Crippen LogP) is 12.9. The Balaban J connectivity index is 1.00. The van der Waals surface area contributed by atoms with Crippen LogP contribution in [0.1, 0.15) is 22.8 Å². The lowest BCUT2D eigenvalue weighted by Gasteiger charge is -2.30. The van der Waals surface area contributed by atoms with Gasteiger partial charge in [-0.15, -0.1) is 0 Å². The average molecular weight is 733 g/mol. The van der Waals surface area contributed by atoms with Crippen molar-refractivity contribution in [3.05, 3.63) is 193 Å². The second-order valence-corrected chi connectivity index (χ2v) is 14.7. The summed E-state index contributed by atoms with van der Waals surface area (Å²) in [6.45, 7) is 0. The van der Waals surface area contributed by atoms with Gasteiger partial charge in [0.15, 0.2) is 17.5 Å².